The molecule has 2 N–H and O–H groups in total. The van der Waals surface area contributed by atoms with Crippen LogP contribution in [0.2, 0.25) is 0 Å². The molecule has 112 valence electrons. The van der Waals surface area contributed by atoms with Crippen LogP contribution in [0.3, 0.4) is 0 Å². The molecule has 1 heterocycles. The minimum Gasteiger partial charge on any atom is -0.376 e. The van der Waals surface area contributed by atoms with Gasteiger partial charge in [-0.2, -0.15) is 5.26 Å². The van der Waals surface area contributed by atoms with Gasteiger partial charge in [-0.3, -0.25) is 4.99 Å². The van der Waals surface area contributed by atoms with E-state index in [0.717, 1.165) is 19.4 Å². The number of rotatable bonds is 4. The van der Waals surface area contributed by atoms with E-state index in [-0.39, 0.29) is 6.10 Å². The van der Waals surface area contributed by atoms with Crippen molar-refractivity contribution in [2.24, 2.45) is 4.99 Å². The largest absolute Gasteiger partial charge is 0.376 e. The summed E-state index contributed by atoms with van der Waals surface area (Å²) in [5, 5.41) is 14.9. The molecule has 2 rings (SSSR count). The molecule has 6 heteroatoms. The first-order valence-corrected chi connectivity index (χ1v) is 6.97. The van der Waals surface area contributed by atoms with Gasteiger partial charge in [0.15, 0.2) is 5.96 Å². The number of nitrogens with zero attached hydrogens (tertiary/aromatic N) is 2. The van der Waals surface area contributed by atoms with E-state index < -0.39 is 5.82 Å². The van der Waals surface area contributed by atoms with Crippen LogP contribution in [0.1, 0.15) is 24.0 Å². The van der Waals surface area contributed by atoms with Crippen molar-refractivity contribution in [3.8, 4) is 6.07 Å². The van der Waals surface area contributed by atoms with Crippen molar-refractivity contribution in [3.05, 3.63) is 35.1 Å². The number of ether oxygens (including phenoxy) is 1. The van der Waals surface area contributed by atoms with E-state index in [9.17, 15) is 4.39 Å². The Balaban J connectivity index is 1.84. The number of guanidine groups is 1. The zero-order valence-electron chi connectivity index (χ0n) is 12.0. The molecule has 0 bridgehead atoms. The second-order valence-corrected chi connectivity index (χ2v) is 4.86. The summed E-state index contributed by atoms with van der Waals surface area (Å²) >= 11 is 0. The Morgan fingerprint density at radius 1 is 1.52 bits per heavy atom. The molecule has 1 atom stereocenters. The third-order valence-electron chi connectivity index (χ3n) is 3.37. The number of nitrogens with one attached hydrogen (secondary N) is 2. The molecule has 0 aliphatic carbocycles. The SMILES string of the molecule is CN=C(NCc1ccc(C#N)cc1F)NCC1CCCO1. The lowest BCUT2D eigenvalue weighted by molar-refractivity contribution is 0.114. The molecule has 1 saturated heterocycles. The fourth-order valence-electron chi connectivity index (χ4n) is 2.18. The molecule has 0 saturated carbocycles. The summed E-state index contributed by atoms with van der Waals surface area (Å²) in [6.07, 6.45) is 2.36. The summed E-state index contributed by atoms with van der Waals surface area (Å²) < 4.78 is 19.3. The van der Waals surface area contributed by atoms with Gasteiger partial charge < -0.3 is 15.4 Å². The smallest absolute Gasteiger partial charge is 0.191 e. The Bertz CT molecular complexity index is 547. The second kappa shape index (κ2) is 7.60. The molecule has 1 unspecified atom stereocenters. The first-order chi connectivity index (χ1) is 10.2. The predicted octanol–water partition coefficient (Wildman–Crippen LogP) is 1.54. The first-order valence-electron chi connectivity index (χ1n) is 6.97. The summed E-state index contributed by atoms with van der Waals surface area (Å²) in [5.74, 6) is 0.213. The Kier molecular flexibility index (Phi) is 5.52. The number of halogens is 1. The molecule has 1 aromatic carbocycles. The molecular weight excluding hydrogens is 271 g/mol. The number of hydrogen-bond acceptors (Lipinski definition) is 3. The van der Waals surface area contributed by atoms with E-state index in [4.69, 9.17) is 10.00 Å². The molecular formula is C15H19FN4O. The second-order valence-electron chi connectivity index (χ2n) is 4.86. The fraction of sp³-hybridized carbons (Fsp3) is 0.467. The van der Waals surface area contributed by atoms with Crippen molar-refractivity contribution in [1.29, 1.82) is 5.26 Å². The standard InChI is InChI=1S/C15H19FN4O/c1-18-15(20-10-13-3-2-6-21-13)19-9-12-5-4-11(8-17)7-14(12)16/h4-5,7,13H,2-3,6,9-10H2,1H3,(H2,18,19,20). The van der Waals surface area contributed by atoms with Gasteiger partial charge in [-0.1, -0.05) is 6.07 Å². The molecule has 0 amide bonds. The maximum absolute atomic E-state index is 13.8. The third-order valence-corrected chi connectivity index (χ3v) is 3.37. The van der Waals surface area contributed by atoms with Crippen molar-refractivity contribution in [2.75, 3.05) is 20.2 Å². The number of aliphatic imine (C=N–C) groups is 1. The van der Waals surface area contributed by atoms with Gasteiger partial charge in [0, 0.05) is 32.3 Å². The van der Waals surface area contributed by atoms with Gasteiger partial charge in [-0.05, 0) is 25.0 Å². The maximum Gasteiger partial charge on any atom is 0.191 e. The van der Waals surface area contributed by atoms with E-state index in [1.165, 1.54) is 6.07 Å². The zero-order chi connectivity index (χ0) is 15.1. The zero-order valence-corrected chi connectivity index (χ0v) is 12.0. The van der Waals surface area contributed by atoms with Crippen molar-refractivity contribution < 1.29 is 9.13 Å². The van der Waals surface area contributed by atoms with Gasteiger partial charge in [0.1, 0.15) is 5.82 Å². The molecule has 1 aromatic rings. The third kappa shape index (κ3) is 4.43. The summed E-state index contributed by atoms with van der Waals surface area (Å²) in [7, 11) is 1.67. The first kappa shape index (κ1) is 15.3. The lowest BCUT2D eigenvalue weighted by Crippen LogP contribution is -2.40. The summed E-state index contributed by atoms with van der Waals surface area (Å²) in [6, 6.07) is 6.35. The highest BCUT2D eigenvalue weighted by atomic mass is 19.1. The van der Waals surface area contributed by atoms with Crippen LogP contribution in [0.15, 0.2) is 23.2 Å². The van der Waals surface area contributed by atoms with Crippen molar-refractivity contribution in [3.63, 3.8) is 0 Å². The molecule has 0 spiro atoms. The van der Waals surface area contributed by atoms with Gasteiger partial charge in [-0.15, -0.1) is 0 Å². The Morgan fingerprint density at radius 2 is 2.38 bits per heavy atom. The van der Waals surface area contributed by atoms with E-state index >= 15 is 0 Å². The molecule has 21 heavy (non-hydrogen) atoms. The van der Waals surface area contributed by atoms with Crippen LogP contribution in [0.4, 0.5) is 4.39 Å². The van der Waals surface area contributed by atoms with Crippen LogP contribution >= 0.6 is 0 Å². The highest BCUT2D eigenvalue weighted by Crippen LogP contribution is 2.11. The normalized spacial score (nSPS) is 18.3. The van der Waals surface area contributed by atoms with Crippen LogP contribution in [0, 0.1) is 17.1 Å². The predicted molar refractivity (Wildman–Crippen MR) is 78.3 cm³/mol. The molecule has 1 aliphatic rings. The summed E-state index contributed by atoms with van der Waals surface area (Å²) in [6.45, 7) is 1.81. The van der Waals surface area contributed by atoms with E-state index in [0.29, 0.717) is 30.2 Å². The Morgan fingerprint density at radius 3 is 3.00 bits per heavy atom. The van der Waals surface area contributed by atoms with Crippen molar-refractivity contribution >= 4 is 5.96 Å². The van der Waals surface area contributed by atoms with Crippen molar-refractivity contribution in [1.82, 2.24) is 10.6 Å². The van der Waals surface area contributed by atoms with Crippen LogP contribution in [-0.4, -0.2) is 32.3 Å². The monoisotopic (exact) mass is 290 g/mol. The van der Waals surface area contributed by atoms with E-state index in [1.54, 1.807) is 19.2 Å². The van der Waals surface area contributed by atoms with Crippen LogP contribution in [0.5, 0.6) is 0 Å². The highest BCUT2D eigenvalue weighted by molar-refractivity contribution is 5.79. The van der Waals surface area contributed by atoms with Crippen LogP contribution in [-0.2, 0) is 11.3 Å². The quantitative estimate of drug-likeness (QED) is 0.652. The molecule has 1 fully saturated rings. The van der Waals surface area contributed by atoms with Crippen LogP contribution < -0.4 is 10.6 Å². The average Bonchev–Trinajstić information content (AvgIpc) is 3.02. The van der Waals surface area contributed by atoms with Crippen molar-refractivity contribution in [2.45, 2.75) is 25.5 Å². The van der Waals surface area contributed by atoms with Gasteiger partial charge in [0.25, 0.3) is 0 Å². The number of nitriles is 1. The van der Waals surface area contributed by atoms with Gasteiger partial charge >= 0.3 is 0 Å². The Hall–Kier alpha value is -2.13. The lowest BCUT2D eigenvalue weighted by Gasteiger charge is -2.15. The lowest BCUT2D eigenvalue weighted by atomic mass is 10.1. The van der Waals surface area contributed by atoms with Gasteiger partial charge in [-0.25, -0.2) is 4.39 Å². The maximum atomic E-state index is 13.8. The molecule has 0 aromatic heterocycles. The summed E-state index contributed by atoms with van der Waals surface area (Å²) in [4.78, 5) is 4.09. The van der Waals surface area contributed by atoms with E-state index in [1.807, 2.05) is 6.07 Å². The topological polar surface area (TPSA) is 69.4 Å². The highest BCUT2D eigenvalue weighted by Gasteiger charge is 2.15. The average molecular weight is 290 g/mol. The molecule has 5 nitrogen and oxygen atoms in total. The van der Waals surface area contributed by atoms with Gasteiger partial charge in [0.05, 0.1) is 17.7 Å². The molecule has 0 radical (unpaired) electrons. The number of benzene rings is 1. The number of hydrogen-bond donors (Lipinski definition) is 2. The van der Waals surface area contributed by atoms with E-state index in [2.05, 4.69) is 15.6 Å². The fourth-order valence-corrected chi connectivity index (χ4v) is 2.18. The van der Waals surface area contributed by atoms with Gasteiger partial charge in [0.2, 0.25) is 0 Å². The Labute approximate surface area is 123 Å². The molecule has 1 aliphatic heterocycles. The summed E-state index contributed by atoms with van der Waals surface area (Å²) in [5.41, 5.74) is 0.811. The minimum absolute atomic E-state index is 0.218. The minimum atomic E-state index is -0.392. The van der Waals surface area contributed by atoms with Crippen LogP contribution in [0.25, 0.3) is 0 Å².